The van der Waals surface area contributed by atoms with Gasteiger partial charge in [0.1, 0.15) is 0 Å². The van der Waals surface area contributed by atoms with Gasteiger partial charge in [0.15, 0.2) is 0 Å². The molecule has 1 saturated heterocycles. The maximum atomic E-state index is 11.9. The number of hydrogen-bond acceptors (Lipinski definition) is 3. The molecule has 1 N–H and O–H groups in total. The summed E-state index contributed by atoms with van der Waals surface area (Å²) in [5.74, 6) is -0.100. The minimum absolute atomic E-state index is 0.100. The fourth-order valence-corrected chi connectivity index (χ4v) is 3.71. The Balaban J connectivity index is 1.87. The Morgan fingerprint density at radius 2 is 1.22 bits per heavy atom. The van der Waals surface area contributed by atoms with E-state index in [1.54, 1.807) is 19.0 Å². The molecule has 0 aromatic heterocycles. The lowest BCUT2D eigenvalue weighted by Crippen LogP contribution is -2.58. The third-order valence-corrected chi connectivity index (χ3v) is 5.71. The molecule has 0 spiro atoms. The second-order valence-electron chi connectivity index (χ2n) is 8.12. The first kappa shape index (κ1) is 23.9. The van der Waals surface area contributed by atoms with Gasteiger partial charge in [-0.15, -0.1) is 0 Å². The van der Waals surface area contributed by atoms with Crippen LogP contribution in [0.5, 0.6) is 0 Å². The zero-order valence-electron chi connectivity index (χ0n) is 18.1. The zero-order valence-corrected chi connectivity index (χ0v) is 18.1. The third kappa shape index (κ3) is 10.1. The smallest absolute Gasteiger partial charge is 0.311 e. The van der Waals surface area contributed by atoms with E-state index in [4.69, 9.17) is 0 Å². The monoisotopic (exact) mass is 381 g/mol. The fraction of sp³-hybridized carbons (Fsp3) is 0.909. The minimum atomic E-state index is -0.218. The fourth-order valence-electron chi connectivity index (χ4n) is 3.71. The number of rotatable bonds is 16. The Kier molecular flexibility index (Phi) is 13.2. The predicted molar refractivity (Wildman–Crippen MR) is 113 cm³/mol. The largest absolute Gasteiger partial charge is 0.327 e. The van der Waals surface area contributed by atoms with Crippen molar-refractivity contribution in [1.82, 2.24) is 15.1 Å². The second-order valence-corrected chi connectivity index (χ2v) is 8.12. The van der Waals surface area contributed by atoms with Gasteiger partial charge in [0.05, 0.1) is 12.6 Å². The second kappa shape index (κ2) is 14.9. The third-order valence-electron chi connectivity index (χ3n) is 5.71. The van der Waals surface area contributed by atoms with Crippen LogP contribution in [0.1, 0.15) is 103 Å². The Bertz CT molecular complexity index is 414. The van der Waals surface area contributed by atoms with E-state index in [-0.39, 0.29) is 18.1 Å². The van der Waals surface area contributed by atoms with Crippen LogP contribution >= 0.6 is 0 Å². The number of carbonyl (C=O) groups excluding carboxylic acids is 2. The summed E-state index contributed by atoms with van der Waals surface area (Å²) in [4.78, 5) is 26.5. The van der Waals surface area contributed by atoms with E-state index in [9.17, 15) is 9.59 Å². The highest BCUT2D eigenvalue weighted by Gasteiger charge is 2.33. The maximum absolute atomic E-state index is 11.9. The number of nitrogens with zero attached hydrogens (tertiary/aromatic N) is 2. The van der Waals surface area contributed by atoms with Crippen molar-refractivity contribution in [2.75, 3.05) is 20.6 Å². The van der Waals surface area contributed by atoms with E-state index in [0.717, 1.165) is 13.0 Å². The van der Waals surface area contributed by atoms with Gasteiger partial charge >= 0.3 is 6.03 Å². The molecule has 0 aliphatic carbocycles. The normalized spacial score (nSPS) is 17.8. The molecule has 158 valence electrons. The van der Waals surface area contributed by atoms with E-state index < -0.39 is 0 Å². The molecule has 0 saturated carbocycles. The number of nitrogens with one attached hydrogen (secondary N) is 1. The standard InChI is InChI=1S/C22H43N3O2/c1-4-5-6-7-8-9-10-11-12-13-14-15-16-17-18-23-20-19-21(26)25(3)22(27)24(20)2/h20,23H,4-19H2,1-3H3. The van der Waals surface area contributed by atoms with E-state index in [0.29, 0.717) is 6.42 Å². The molecular weight excluding hydrogens is 338 g/mol. The summed E-state index contributed by atoms with van der Waals surface area (Å²) in [5.41, 5.74) is 0. The topological polar surface area (TPSA) is 52.7 Å². The quantitative estimate of drug-likeness (QED) is 0.369. The first-order chi connectivity index (χ1) is 13.1. The van der Waals surface area contributed by atoms with Crippen LogP contribution in [0.25, 0.3) is 0 Å². The number of hydrogen-bond donors (Lipinski definition) is 1. The molecule has 27 heavy (non-hydrogen) atoms. The summed E-state index contributed by atoms with van der Waals surface area (Å²) < 4.78 is 0. The van der Waals surface area contributed by atoms with E-state index in [2.05, 4.69) is 12.2 Å². The van der Waals surface area contributed by atoms with Crippen LogP contribution in [-0.2, 0) is 4.79 Å². The lowest BCUT2D eigenvalue weighted by Gasteiger charge is -2.36. The average molecular weight is 382 g/mol. The van der Waals surface area contributed by atoms with Crippen LogP contribution in [0.15, 0.2) is 0 Å². The van der Waals surface area contributed by atoms with Gasteiger partial charge in [-0.1, -0.05) is 90.4 Å². The Hall–Kier alpha value is -1.10. The Morgan fingerprint density at radius 3 is 1.70 bits per heavy atom. The lowest BCUT2D eigenvalue weighted by atomic mass is 10.0. The van der Waals surface area contributed by atoms with Gasteiger partial charge in [0.25, 0.3) is 0 Å². The van der Waals surface area contributed by atoms with Gasteiger partial charge in [-0.3, -0.25) is 15.0 Å². The van der Waals surface area contributed by atoms with Crippen LogP contribution in [0.2, 0.25) is 0 Å². The summed E-state index contributed by atoms with van der Waals surface area (Å²) in [6.07, 6.45) is 19.2. The average Bonchev–Trinajstić information content (AvgIpc) is 2.67. The Morgan fingerprint density at radius 1 is 0.778 bits per heavy atom. The first-order valence-electron chi connectivity index (χ1n) is 11.3. The summed E-state index contributed by atoms with van der Waals surface area (Å²) in [6, 6.07) is -0.218. The van der Waals surface area contributed by atoms with Crippen LogP contribution in [0, 0.1) is 0 Å². The van der Waals surface area contributed by atoms with Crippen LogP contribution in [-0.4, -0.2) is 48.5 Å². The molecule has 0 bridgehead atoms. The summed E-state index contributed by atoms with van der Waals surface area (Å²) >= 11 is 0. The zero-order chi connectivity index (χ0) is 19.9. The van der Waals surface area contributed by atoms with Crippen molar-refractivity contribution in [3.63, 3.8) is 0 Å². The maximum Gasteiger partial charge on any atom is 0.327 e. The van der Waals surface area contributed by atoms with Crippen LogP contribution in [0.4, 0.5) is 4.79 Å². The molecule has 3 amide bonds. The molecule has 1 atom stereocenters. The molecule has 1 fully saturated rings. The molecule has 1 unspecified atom stereocenters. The molecule has 1 rings (SSSR count). The van der Waals surface area contributed by atoms with Crippen molar-refractivity contribution in [1.29, 1.82) is 0 Å². The lowest BCUT2D eigenvalue weighted by molar-refractivity contribution is -0.131. The van der Waals surface area contributed by atoms with Gasteiger partial charge in [0.2, 0.25) is 5.91 Å². The van der Waals surface area contributed by atoms with Gasteiger partial charge in [0, 0.05) is 14.1 Å². The van der Waals surface area contributed by atoms with Crippen molar-refractivity contribution in [3.05, 3.63) is 0 Å². The summed E-state index contributed by atoms with van der Waals surface area (Å²) in [7, 11) is 3.30. The highest BCUT2D eigenvalue weighted by molar-refractivity contribution is 5.96. The van der Waals surface area contributed by atoms with Gasteiger partial charge in [-0.2, -0.15) is 0 Å². The minimum Gasteiger partial charge on any atom is -0.311 e. The number of imide groups is 1. The van der Waals surface area contributed by atoms with Crippen LogP contribution in [0.3, 0.4) is 0 Å². The van der Waals surface area contributed by atoms with Crippen molar-refractivity contribution in [2.45, 2.75) is 109 Å². The molecule has 0 radical (unpaired) electrons. The molecule has 1 aliphatic rings. The molecule has 0 aromatic rings. The van der Waals surface area contributed by atoms with Gasteiger partial charge in [-0.05, 0) is 13.0 Å². The SMILES string of the molecule is CCCCCCCCCCCCCCCCNC1CC(=O)N(C)C(=O)N1C. The molecule has 5 heteroatoms. The van der Waals surface area contributed by atoms with E-state index in [1.165, 1.54) is 88.4 Å². The van der Waals surface area contributed by atoms with Crippen molar-refractivity contribution >= 4 is 11.9 Å². The molecule has 0 aromatic carbocycles. The van der Waals surface area contributed by atoms with Crippen molar-refractivity contribution in [3.8, 4) is 0 Å². The Labute approximate surface area is 167 Å². The molecule has 5 nitrogen and oxygen atoms in total. The number of carbonyl (C=O) groups is 2. The predicted octanol–water partition coefficient (Wildman–Crippen LogP) is 5.30. The number of unbranched alkanes of at least 4 members (excludes halogenated alkanes) is 13. The van der Waals surface area contributed by atoms with Gasteiger partial charge in [-0.25, -0.2) is 4.79 Å². The van der Waals surface area contributed by atoms with Crippen molar-refractivity contribution < 1.29 is 9.59 Å². The summed E-state index contributed by atoms with van der Waals surface area (Å²) in [6.45, 7) is 3.15. The molecular formula is C22H43N3O2. The summed E-state index contributed by atoms with van der Waals surface area (Å²) in [5, 5.41) is 3.35. The molecule has 1 aliphatic heterocycles. The van der Waals surface area contributed by atoms with E-state index >= 15 is 0 Å². The van der Waals surface area contributed by atoms with Crippen LogP contribution < -0.4 is 5.32 Å². The number of urea groups is 1. The van der Waals surface area contributed by atoms with Gasteiger partial charge < -0.3 is 4.90 Å². The molecule has 1 heterocycles. The number of amides is 3. The highest BCUT2D eigenvalue weighted by Crippen LogP contribution is 2.14. The first-order valence-corrected chi connectivity index (χ1v) is 11.3. The highest BCUT2D eigenvalue weighted by atomic mass is 16.2. The van der Waals surface area contributed by atoms with E-state index in [1.807, 2.05) is 0 Å². The van der Waals surface area contributed by atoms with Crippen molar-refractivity contribution in [2.24, 2.45) is 0 Å².